The summed E-state index contributed by atoms with van der Waals surface area (Å²) in [4.78, 5) is 4.28. The minimum atomic E-state index is 0.142. The second-order valence-corrected chi connectivity index (χ2v) is 3.46. The number of aliphatic hydroxyl groups excluding tert-OH is 2. The summed E-state index contributed by atoms with van der Waals surface area (Å²) < 4.78 is 0. The maximum Gasteiger partial charge on any atom is 0.0556 e. The van der Waals surface area contributed by atoms with Crippen LogP contribution in [0, 0.1) is 0 Å². The topological polar surface area (TPSA) is 77.4 Å². The number of nitrogens with zero attached hydrogens (tertiary/aromatic N) is 1. The average Bonchev–Trinajstić information content (AvgIpc) is 2.32. The van der Waals surface area contributed by atoms with E-state index in [4.69, 9.17) is 10.2 Å². The lowest BCUT2D eigenvalue weighted by molar-refractivity contribution is 0.291. The van der Waals surface area contributed by atoms with Gasteiger partial charge in [0.25, 0.3) is 0 Å². The van der Waals surface area contributed by atoms with Gasteiger partial charge in [-0.2, -0.15) is 0 Å². The van der Waals surface area contributed by atoms with Gasteiger partial charge in [-0.3, -0.25) is 4.98 Å². The fraction of sp³-hybridized carbons (Fsp3) is 0.545. The van der Waals surface area contributed by atoms with Crippen LogP contribution < -0.4 is 10.6 Å². The predicted octanol–water partition coefficient (Wildman–Crippen LogP) is -0.755. The molecule has 0 aliphatic carbocycles. The Bertz CT molecular complexity index is 248. The highest BCUT2D eigenvalue weighted by Crippen LogP contribution is 1.99. The molecule has 5 nitrogen and oxygen atoms in total. The van der Waals surface area contributed by atoms with Crippen molar-refractivity contribution >= 4 is 0 Å². The molecule has 0 aromatic carbocycles. The SMILES string of the molecule is OCCNCc1ccc(CNCCO)nc1. The molecule has 0 amide bonds. The second-order valence-electron chi connectivity index (χ2n) is 3.46. The largest absolute Gasteiger partial charge is 0.395 e. The fourth-order valence-electron chi connectivity index (χ4n) is 1.27. The first kappa shape index (κ1) is 13.1. The molecule has 0 aliphatic rings. The number of aliphatic hydroxyl groups is 2. The standard InChI is InChI=1S/C11H19N3O2/c15-5-3-12-7-10-1-2-11(14-8-10)9-13-4-6-16/h1-2,8,12-13,15-16H,3-7,9H2. The molecular formula is C11H19N3O2. The highest BCUT2D eigenvalue weighted by Gasteiger charge is 1.95. The maximum absolute atomic E-state index is 8.60. The molecular weight excluding hydrogens is 206 g/mol. The van der Waals surface area contributed by atoms with Gasteiger partial charge in [-0.25, -0.2) is 0 Å². The van der Waals surface area contributed by atoms with Gasteiger partial charge in [0.2, 0.25) is 0 Å². The van der Waals surface area contributed by atoms with E-state index in [0.717, 1.165) is 17.8 Å². The Balaban J connectivity index is 2.30. The molecule has 0 aliphatic heterocycles. The van der Waals surface area contributed by atoms with Gasteiger partial charge in [-0.1, -0.05) is 6.07 Å². The van der Waals surface area contributed by atoms with Crippen molar-refractivity contribution in [1.82, 2.24) is 15.6 Å². The van der Waals surface area contributed by atoms with Gasteiger partial charge in [0.15, 0.2) is 0 Å². The molecule has 0 fully saturated rings. The third-order valence-electron chi connectivity index (χ3n) is 2.10. The van der Waals surface area contributed by atoms with E-state index in [0.29, 0.717) is 19.6 Å². The summed E-state index contributed by atoms with van der Waals surface area (Å²) in [6.07, 6.45) is 1.82. The summed E-state index contributed by atoms with van der Waals surface area (Å²) >= 11 is 0. The van der Waals surface area contributed by atoms with Crippen molar-refractivity contribution in [3.63, 3.8) is 0 Å². The van der Waals surface area contributed by atoms with Crippen LogP contribution in [0.4, 0.5) is 0 Å². The van der Waals surface area contributed by atoms with Crippen molar-refractivity contribution in [2.75, 3.05) is 26.3 Å². The molecule has 1 rings (SSSR count). The summed E-state index contributed by atoms with van der Waals surface area (Å²) in [5.41, 5.74) is 2.05. The van der Waals surface area contributed by atoms with E-state index in [1.54, 1.807) is 0 Å². The molecule has 0 radical (unpaired) electrons. The van der Waals surface area contributed by atoms with E-state index >= 15 is 0 Å². The maximum atomic E-state index is 8.60. The van der Waals surface area contributed by atoms with E-state index in [2.05, 4.69) is 15.6 Å². The van der Waals surface area contributed by atoms with Gasteiger partial charge < -0.3 is 20.8 Å². The van der Waals surface area contributed by atoms with E-state index < -0.39 is 0 Å². The molecule has 0 unspecified atom stereocenters. The van der Waals surface area contributed by atoms with Crippen molar-refractivity contribution in [1.29, 1.82) is 0 Å². The molecule has 90 valence electrons. The van der Waals surface area contributed by atoms with Crippen LogP contribution in [-0.4, -0.2) is 41.5 Å². The first-order valence-electron chi connectivity index (χ1n) is 5.43. The average molecular weight is 225 g/mol. The Labute approximate surface area is 95.5 Å². The van der Waals surface area contributed by atoms with Gasteiger partial charge in [-0.05, 0) is 11.6 Å². The van der Waals surface area contributed by atoms with Crippen LogP contribution in [0.15, 0.2) is 18.3 Å². The van der Waals surface area contributed by atoms with E-state index in [1.165, 1.54) is 0 Å². The fourth-order valence-corrected chi connectivity index (χ4v) is 1.27. The molecule has 0 bridgehead atoms. The van der Waals surface area contributed by atoms with Gasteiger partial charge in [0.1, 0.15) is 0 Å². The Morgan fingerprint density at radius 2 is 1.69 bits per heavy atom. The minimum absolute atomic E-state index is 0.142. The molecule has 5 heteroatoms. The Morgan fingerprint density at radius 3 is 2.25 bits per heavy atom. The van der Waals surface area contributed by atoms with E-state index in [1.807, 2.05) is 18.3 Å². The van der Waals surface area contributed by atoms with Crippen LogP contribution in [0.2, 0.25) is 0 Å². The van der Waals surface area contributed by atoms with Gasteiger partial charge in [0, 0.05) is 32.4 Å². The highest BCUT2D eigenvalue weighted by atomic mass is 16.3. The van der Waals surface area contributed by atoms with Crippen LogP contribution in [0.3, 0.4) is 0 Å². The monoisotopic (exact) mass is 225 g/mol. The Morgan fingerprint density at radius 1 is 1.00 bits per heavy atom. The molecule has 0 spiro atoms. The predicted molar refractivity (Wildman–Crippen MR) is 61.8 cm³/mol. The van der Waals surface area contributed by atoms with Gasteiger partial charge >= 0.3 is 0 Å². The third-order valence-corrected chi connectivity index (χ3v) is 2.10. The molecule has 1 aromatic rings. The molecule has 1 heterocycles. The first-order valence-corrected chi connectivity index (χ1v) is 5.43. The van der Waals surface area contributed by atoms with Crippen molar-refractivity contribution in [2.45, 2.75) is 13.1 Å². The lowest BCUT2D eigenvalue weighted by atomic mass is 10.2. The normalized spacial score (nSPS) is 10.6. The Hall–Kier alpha value is -1.01. The van der Waals surface area contributed by atoms with Gasteiger partial charge in [-0.15, -0.1) is 0 Å². The second kappa shape index (κ2) is 8.18. The third kappa shape index (κ3) is 5.18. The zero-order valence-corrected chi connectivity index (χ0v) is 9.32. The lowest BCUT2D eigenvalue weighted by Crippen LogP contribution is -2.19. The number of nitrogens with one attached hydrogen (secondary N) is 2. The van der Waals surface area contributed by atoms with Crippen molar-refractivity contribution < 1.29 is 10.2 Å². The van der Waals surface area contributed by atoms with E-state index in [-0.39, 0.29) is 13.2 Å². The van der Waals surface area contributed by atoms with Crippen LogP contribution in [-0.2, 0) is 13.1 Å². The number of aromatic nitrogens is 1. The van der Waals surface area contributed by atoms with Crippen molar-refractivity contribution in [3.8, 4) is 0 Å². The summed E-state index contributed by atoms with van der Waals surface area (Å²) in [7, 11) is 0. The molecule has 0 atom stereocenters. The Kier molecular flexibility index (Phi) is 6.67. The summed E-state index contributed by atoms with van der Waals surface area (Å²) in [6.45, 7) is 2.86. The number of pyridine rings is 1. The zero-order chi connectivity index (χ0) is 11.6. The van der Waals surface area contributed by atoms with Crippen molar-refractivity contribution in [3.05, 3.63) is 29.6 Å². The number of hydrogen-bond acceptors (Lipinski definition) is 5. The van der Waals surface area contributed by atoms with Gasteiger partial charge in [0.05, 0.1) is 18.9 Å². The molecule has 0 saturated carbocycles. The van der Waals surface area contributed by atoms with Crippen LogP contribution in [0.5, 0.6) is 0 Å². The molecule has 1 aromatic heterocycles. The van der Waals surface area contributed by atoms with E-state index in [9.17, 15) is 0 Å². The summed E-state index contributed by atoms with van der Waals surface area (Å²) in [6, 6.07) is 3.97. The van der Waals surface area contributed by atoms with Crippen molar-refractivity contribution in [2.24, 2.45) is 0 Å². The van der Waals surface area contributed by atoms with Crippen LogP contribution in [0.25, 0.3) is 0 Å². The molecule has 4 N–H and O–H groups in total. The lowest BCUT2D eigenvalue weighted by Gasteiger charge is -2.05. The molecule has 16 heavy (non-hydrogen) atoms. The smallest absolute Gasteiger partial charge is 0.0556 e. The number of hydrogen-bond donors (Lipinski definition) is 4. The van der Waals surface area contributed by atoms with Crippen LogP contribution >= 0.6 is 0 Å². The molecule has 0 saturated heterocycles. The quantitative estimate of drug-likeness (QED) is 0.438. The summed E-state index contributed by atoms with van der Waals surface area (Å²) in [5.74, 6) is 0. The minimum Gasteiger partial charge on any atom is -0.395 e. The first-order chi connectivity index (χ1) is 7.86. The summed E-state index contributed by atoms with van der Waals surface area (Å²) in [5, 5.41) is 23.3. The number of rotatable bonds is 8. The highest BCUT2D eigenvalue weighted by molar-refractivity contribution is 5.13. The van der Waals surface area contributed by atoms with Crippen LogP contribution in [0.1, 0.15) is 11.3 Å². The zero-order valence-electron chi connectivity index (χ0n) is 9.32.